The molecule has 1 aliphatic rings. The predicted molar refractivity (Wildman–Crippen MR) is 94.3 cm³/mol. The van der Waals surface area contributed by atoms with Gasteiger partial charge in [0.2, 0.25) is 5.91 Å². The third kappa shape index (κ3) is 3.10. The minimum atomic E-state index is -0.323. The van der Waals surface area contributed by atoms with Crippen molar-refractivity contribution in [2.24, 2.45) is 5.92 Å². The van der Waals surface area contributed by atoms with Crippen LogP contribution in [0.5, 0.6) is 0 Å². The first-order valence-electron chi connectivity index (χ1n) is 8.50. The van der Waals surface area contributed by atoms with Crippen LogP contribution in [-0.4, -0.2) is 34.1 Å². The number of nitrogens with zero attached hydrogens (tertiary/aromatic N) is 4. The van der Waals surface area contributed by atoms with Gasteiger partial charge >= 0.3 is 0 Å². The molecule has 0 unspecified atom stereocenters. The zero-order valence-electron chi connectivity index (χ0n) is 14.3. The van der Waals surface area contributed by atoms with Gasteiger partial charge < -0.3 is 14.7 Å². The Labute approximate surface area is 149 Å². The van der Waals surface area contributed by atoms with Gasteiger partial charge in [-0.25, -0.2) is 9.37 Å². The van der Waals surface area contributed by atoms with E-state index in [1.54, 1.807) is 12.1 Å². The maximum Gasteiger partial charge on any atom is 0.263 e. The van der Waals surface area contributed by atoms with Crippen LogP contribution in [0.4, 0.5) is 15.9 Å². The zero-order chi connectivity index (χ0) is 18.1. The third-order valence-electron chi connectivity index (χ3n) is 4.70. The van der Waals surface area contributed by atoms with Crippen LogP contribution in [0.1, 0.15) is 18.5 Å². The number of rotatable bonds is 3. The number of carbonyl (C=O) groups is 1. The van der Waals surface area contributed by atoms with Crippen molar-refractivity contribution in [3.63, 3.8) is 0 Å². The average Bonchev–Trinajstić information content (AvgIpc) is 3.05. The van der Waals surface area contributed by atoms with E-state index >= 15 is 0 Å². The van der Waals surface area contributed by atoms with Gasteiger partial charge in [0.15, 0.2) is 0 Å². The number of amides is 1. The maximum atomic E-state index is 13.0. The Morgan fingerprint density at radius 2 is 1.96 bits per heavy atom. The summed E-state index contributed by atoms with van der Waals surface area (Å²) in [6, 6.07) is 5.79. The van der Waals surface area contributed by atoms with Crippen molar-refractivity contribution in [2.45, 2.75) is 19.8 Å². The fraction of sp³-hybridized carbons (Fsp3) is 0.333. The minimum absolute atomic E-state index is 0.0368. The van der Waals surface area contributed by atoms with Crippen LogP contribution in [0.25, 0.3) is 11.1 Å². The minimum Gasteiger partial charge on any atom is -0.356 e. The average molecular weight is 355 g/mol. The second-order valence-electron chi connectivity index (χ2n) is 6.40. The van der Waals surface area contributed by atoms with Crippen LogP contribution in [0.2, 0.25) is 0 Å². The number of piperidine rings is 1. The zero-order valence-corrected chi connectivity index (χ0v) is 14.3. The first-order chi connectivity index (χ1) is 12.6. The highest BCUT2D eigenvalue weighted by Gasteiger charge is 2.27. The fourth-order valence-corrected chi connectivity index (χ4v) is 3.27. The van der Waals surface area contributed by atoms with E-state index in [1.165, 1.54) is 18.5 Å². The number of hydrogen-bond donors (Lipinski definition) is 1. The largest absolute Gasteiger partial charge is 0.356 e. The van der Waals surface area contributed by atoms with Crippen molar-refractivity contribution in [2.75, 3.05) is 23.3 Å². The molecule has 4 rings (SSSR count). The molecule has 0 aliphatic carbocycles. The molecule has 134 valence electrons. The lowest BCUT2D eigenvalue weighted by Gasteiger charge is -2.32. The standard InChI is InChI=1S/C18H18FN5O2/c1-11-15-16(20-10-21-18(15)26-23-11)24-8-6-12(7-9-24)17(25)22-14-4-2-13(19)3-5-14/h2-5,10,12H,6-9H2,1H3,(H,22,25). The summed E-state index contributed by atoms with van der Waals surface area (Å²) in [5.74, 6) is 0.352. The second-order valence-corrected chi connectivity index (χ2v) is 6.40. The van der Waals surface area contributed by atoms with E-state index in [1.807, 2.05) is 6.92 Å². The molecule has 3 heterocycles. The Hall–Kier alpha value is -3.03. The maximum absolute atomic E-state index is 13.0. The van der Waals surface area contributed by atoms with Crippen molar-refractivity contribution in [1.82, 2.24) is 15.1 Å². The lowest BCUT2D eigenvalue weighted by atomic mass is 9.95. The molecule has 1 saturated heterocycles. The molecular weight excluding hydrogens is 337 g/mol. The molecule has 0 radical (unpaired) electrons. The summed E-state index contributed by atoms with van der Waals surface area (Å²) < 4.78 is 18.2. The summed E-state index contributed by atoms with van der Waals surface area (Å²) in [5.41, 5.74) is 1.84. The van der Waals surface area contributed by atoms with Gasteiger partial charge in [-0.15, -0.1) is 0 Å². The molecule has 1 fully saturated rings. The molecule has 1 aromatic carbocycles. The topological polar surface area (TPSA) is 84.2 Å². The number of hydrogen-bond acceptors (Lipinski definition) is 6. The summed E-state index contributed by atoms with van der Waals surface area (Å²) in [4.78, 5) is 23.1. The lowest BCUT2D eigenvalue weighted by Crippen LogP contribution is -2.38. The number of fused-ring (bicyclic) bond motifs is 1. The van der Waals surface area contributed by atoms with Crippen LogP contribution in [0, 0.1) is 18.7 Å². The van der Waals surface area contributed by atoms with Gasteiger partial charge in [0.25, 0.3) is 5.71 Å². The van der Waals surface area contributed by atoms with Gasteiger partial charge in [-0.05, 0) is 44.0 Å². The van der Waals surface area contributed by atoms with Crippen LogP contribution in [0.3, 0.4) is 0 Å². The summed E-state index contributed by atoms with van der Waals surface area (Å²) >= 11 is 0. The van der Waals surface area contributed by atoms with Crippen molar-refractivity contribution in [3.8, 4) is 0 Å². The van der Waals surface area contributed by atoms with Crippen LogP contribution in [0.15, 0.2) is 35.1 Å². The Morgan fingerprint density at radius 3 is 2.69 bits per heavy atom. The van der Waals surface area contributed by atoms with E-state index in [0.29, 0.717) is 37.3 Å². The summed E-state index contributed by atoms with van der Waals surface area (Å²) in [7, 11) is 0. The monoisotopic (exact) mass is 355 g/mol. The van der Waals surface area contributed by atoms with Gasteiger partial charge in [-0.3, -0.25) is 4.79 Å². The molecule has 0 saturated carbocycles. The van der Waals surface area contributed by atoms with E-state index in [4.69, 9.17) is 4.52 Å². The van der Waals surface area contributed by atoms with Crippen molar-refractivity contribution < 1.29 is 13.7 Å². The normalized spacial score (nSPS) is 15.4. The molecule has 0 bridgehead atoms. The Morgan fingerprint density at radius 1 is 1.23 bits per heavy atom. The van der Waals surface area contributed by atoms with Gasteiger partial charge in [-0.1, -0.05) is 5.16 Å². The number of halogens is 1. The summed E-state index contributed by atoms with van der Waals surface area (Å²) in [6.07, 6.45) is 2.89. The molecule has 1 amide bonds. The van der Waals surface area contributed by atoms with E-state index in [2.05, 4.69) is 25.3 Å². The fourth-order valence-electron chi connectivity index (χ4n) is 3.27. The summed E-state index contributed by atoms with van der Waals surface area (Å²) in [6.45, 7) is 3.28. The number of anilines is 2. The van der Waals surface area contributed by atoms with Crippen LogP contribution >= 0.6 is 0 Å². The molecule has 8 heteroatoms. The second kappa shape index (κ2) is 6.70. The van der Waals surface area contributed by atoms with Gasteiger partial charge in [0.05, 0.1) is 5.69 Å². The molecule has 7 nitrogen and oxygen atoms in total. The third-order valence-corrected chi connectivity index (χ3v) is 4.70. The Kier molecular flexibility index (Phi) is 4.24. The number of aryl methyl sites for hydroxylation is 1. The van der Waals surface area contributed by atoms with Gasteiger partial charge in [0, 0.05) is 24.7 Å². The number of aromatic nitrogens is 3. The Balaban J connectivity index is 1.43. The van der Waals surface area contributed by atoms with Crippen molar-refractivity contribution >= 4 is 28.5 Å². The van der Waals surface area contributed by atoms with E-state index < -0.39 is 0 Å². The lowest BCUT2D eigenvalue weighted by molar-refractivity contribution is -0.120. The molecule has 0 atom stereocenters. The number of benzene rings is 1. The van der Waals surface area contributed by atoms with Gasteiger partial charge in [-0.2, -0.15) is 4.98 Å². The number of carbonyl (C=O) groups excluding carboxylic acids is 1. The summed E-state index contributed by atoms with van der Waals surface area (Å²) in [5, 5.41) is 7.63. The molecule has 26 heavy (non-hydrogen) atoms. The molecule has 0 spiro atoms. The first-order valence-corrected chi connectivity index (χ1v) is 8.50. The highest BCUT2D eigenvalue weighted by Crippen LogP contribution is 2.29. The Bertz CT molecular complexity index is 932. The van der Waals surface area contributed by atoms with E-state index in [9.17, 15) is 9.18 Å². The van der Waals surface area contributed by atoms with Crippen molar-refractivity contribution in [1.29, 1.82) is 0 Å². The first kappa shape index (κ1) is 16.4. The van der Waals surface area contributed by atoms with E-state index in [0.717, 1.165) is 16.9 Å². The van der Waals surface area contributed by atoms with Crippen LogP contribution in [-0.2, 0) is 4.79 Å². The molecule has 3 aromatic rings. The smallest absolute Gasteiger partial charge is 0.263 e. The SMILES string of the molecule is Cc1noc2ncnc(N3CCC(C(=O)Nc4ccc(F)cc4)CC3)c12. The molecule has 1 aliphatic heterocycles. The molecule has 1 N–H and O–H groups in total. The van der Waals surface area contributed by atoms with E-state index in [-0.39, 0.29) is 17.6 Å². The highest BCUT2D eigenvalue weighted by atomic mass is 19.1. The molecule has 2 aromatic heterocycles. The molecular formula is C18H18FN5O2. The van der Waals surface area contributed by atoms with Crippen molar-refractivity contribution in [3.05, 3.63) is 42.1 Å². The highest BCUT2D eigenvalue weighted by molar-refractivity contribution is 5.93. The number of nitrogens with one attached hydrogen (secondary N) is 1. The van der Waals surface area contributed by atoms with Crippen LogP contribution < -0.4 is 10.2 Å². The quantitative estimate of drug-likeness (QED) is 0.778. The predicted octanol–water partition coefficient (Wildman–Crippen LogP) is 2.92. The van der Waals surface area contributed by atoms with Gasteiger partial charge in [0.1, 0.15) is 23.3 Å².